The van der Waals surface area contributed by atoms with Crippen molar-refractivity contribution >= 4 is 52.7 Å². The second-order valence-electron chi connectivity index (χ2n) is 10.6. The molecule has 0 radical (unpaired) electrons. The molecule has 0 saturated carbocycles. The molecule has 2 amide bonds. The monoisotopic (exact) mass is 648 g/mol. The summed E-state index contributed by atoms with van der Waals surface area (Å²) < 4.78 is 5.93. The van der Waals surface area contributed by atoms with E-state index in [4.69, 9.17) is 27.9 Å². The Hall–Kier alpha value is -4.18. The highest BCUT2D eigenvalue weighted by molar-refractivity contribution is 6.33. The Balaban J connectivity index is 1.58. The Bertz CT molecular complexity index is 1640. The predicted molar refractivity (Wildman–Crippen MR) is 181 cm³/mol. The fraction of sp³-hybridized carbons (Fsp3) is 0.294. The molecule has 2 N–H and O–H groups in total. The average molecular weight is 650 g/mol. The van der Waals surface area contributed by atoms with Gasteiger partial charge in [0.1, 0.15) is 11.6 Å². The number of nitrogens with one attached hydrogen (secondary N) is 2. The molecule has 0 aliphatic carbocycles. The molecular weight excluding hydrogens is 611 g/mol. The van der Waals surface area contributed by atoms with Crippen molar-refractivity contribution in [2.75, 3.05) is 36.4 Å². The number of hydrogen-bond donors (Lipinski definition) is 2. The van der Waals surface area contributed by atoms with Gasteiger partial charge in [-0.15, -0.1) is 0 Å². The van der Waals surface area contributed by atoms with Gasteiger partial charge in [-0.25, -0.2) is 9.78 Å². The summed E-state index contributed by atoms with van der Waals surface area (Å²) in [6.07, 6.45) is 0.894. The van der Waals surface area contributed by atoms with Gasteiger partial charge in [-0.3, -0.25) is 9.69 Å². The number of hydrogen-bond acceptors (Lipinski definition) is 7. The molecule has 9 nitrogen and oxygen atoms in total. The topological polar surface area (TPSA) is 99.7 Å². The van der Waals surface area contributed by atoms with Crippen LogP contribution in [0.3, 0.4) is 0 Å². The van der Waals surface area contributed by atoms with Crippen LogP contribution in [-0.4, -0.2) is 53.0 Å². The molecule has 4 rings (SSSR count). The summed E-state index contributed by atoms with van der Waals surface area (Å²) in [7, 11) is 0. The van der Waals surface area contributed by atoms with E-state index < -0.39 is 6.09 Å². The third-order valence-corrected chi connectivity index (χ3v) is 7.86. The Kier molecular flexibility index (Phi) is 11.8. The lowest BCUT2D eigenvalue weighted by molar-refractivity contribution is 0.0949. The van der Waals surface area contributed by atoms with Crippen molar-refractivity contribution in [2.45, 2.75) is 41.2 Å². The van der Waals surface area contributed by atoms with Gasteiger partial charge in [0.2, 0.25) is 5.95 Å². The fourth-order valence-electron chi connectivity index (χ4n) is 4.94. The maximum Gasteiger partial charge on any atom is 0.421 e. The van der Waals surface area contributed by atoms with Gasteiger partial charge >= 0.3 is 6.09 Å². The second kappa shape index (κ2) is 15.7. The molecule has 45 heavy (non-hydrogen) atoms. The molecule has 236 valence electrons. The Labute approximate surface area is 274 Å². The van der Waals surface area contributed by atoms with Crippen molar-refractivity contribution in [3.8, 4) is 5.75 Å². The number of ether oxygens (including phenoxy) is 1. The van der Waals surface area contributed by atoms with Crippen LogP contribution >= 0.6 is 23.2 Å². The number of carbonyl (C=O) groups is 2. The molecule has 0 aliphatic heterocycles. The van der Waals surface area contributed by atoms with Crippen LogP contribution in [0.15, 0.2) is 66.9 Å². The van der Waals surface area contributed by atoms with Gasteiger partial charge in [0.15, 0.2) is 0 Å². The van der Waals surface area contributed by atoms with Gasteiger partial charge in [0, 0.05) is 40.6 Å². The van der Waals surface area contributed by atoms with Crippen molar-refractivity contribution in [1.29, 1.82) is 0 Å². The zero-order valence-corrected chi connectivity index (χ0v) is 27.7. The minimum absolute atomic E-state index is 0.0434. The SMILES string of the molecule is CCN(CC)CCNC(=O)c1cccc(Nc2nccc(N(Cc3cc(Cl)ccc3Cl)C(=O)Oc3c(C)cc(C)cc3C)n2)c1. The van der Waals surface area contributed by atoms with Crippen LogP contribution in [-0.2, 0) is 6.54 Å². The van der Waals surface area contributed by atoms with Gasteiger partial charge < -0.3 is 20.3 Å². The highest BCUT2D eigenvalue weighted by Gasteiger charge is 2.23. The highest BCUT2D eigenvalue weighted by Crippen LogP contribution is 2.29. The standard InChI is InChI=1S/C34H38Cl2N6O3/c1-6-41(7-2)16-15-37-32(43)25-9-8-10-28(20-25)39-33-38-14-13-30(40-33)42(21-26-19-27(35)11-12-29(26)36)34(44)45-31-23(4)17-22(3)18-24(31)5/h8-14,17-20H,6-7,15-16,21H2,1-5H3,(H,37,43)(H,38,39,40). The van der Waals surface area contributed by atoms with Gasteiger partial charge in [0.05, 0.1) is 6.54 Å². The van der Waals surface area contributed by atoms with E-state index >= 15 is 0 Å². The van der Waals surface area contributed by atoms with Gasteiger partial charge in [-0.05, 0) is 93.0 Å². The van der Waals surface area contributed by atoms with Crippen LogP contribution in [0.2, 0.25) is 10.0 Å². The summed E-state index contributed by atoms with van der Waals surface area (Å²) in [5.74, 6) is 0.812. The minimum atomic E-state index is -0.644. The fourth-order valence-corrected chi connectivity index (χ4v) is 5.31. The molecule has 11 heteroatoms. The lowest BCUT2D eigenvalue weighted by Crippen LogP contribution is -2.34. The van der Waals surface area contributed by atoms with Crippen molar-refractivity contribution in [3.05, 3.63) is 105 Å². The van der Waals surface area contributed by atoms with E-state index in [-0.39, 0.29) is 24.2 Å². The first kappa shape index (κ1) is 33.7. The molecule has 0 unspecified atom stereocenters. The summed E-state index contributed by atoms with van der Waals surface area (Å²) in [4.78, 5) is 39.1. The van der Waals surface area contributed by atoms with Crippen molar-refractivity contribution in [1.82, 2.24) is 20.2 Å². The van der Waals surface area contributed by atoms with Crippen LogP contribution in [0.4, 0.5) is 22.2 Å². The van der Waals surface area contributed by atoms with Gasteiger partial charge in [0.25, 0.3) is 5.91 Å². The first-order chi connectivity index (χ1) is 21.6. The maximum atomic E-state index is 13.8. The van der Waals surface area contributed by atoms with E-state index in [1.165, 1.54) is 11.1 Å². The molecule has 1 heterocycles. The largest absolute Gasteiger partial charge is 0.421 e. The van der Waals surface area contributed by atoms with Crippen LogP contribution in [0.1, 0.15) is 46.5 Å². The second-order valence-corrected chi connectivity index (χ2v) is 11.5. The predicted octanol–water partition coefficient (Wildman–Crippen LogP) is 7.73. The van der Waals surface area contributed by atoms with Gasteiger partial charge in [-0.1, -0.05) is 60.8 Å². The molecule has 0 bridgehead atoms. The number of halogens is 2. The number of carbonyl (C=O) groups excluding carboxylic acids is 2. The summed E-state index contributed by atoms with van der Waals surface area (Å²) in [6, 6.07) is 17.6. The molecule has 0 saturated heterocycles. The number of aromatic nitrogens is 2. The van der Waals surface area contributed by atoms with E-state index in [0.717, 1.165) is 36.3 Å². The molecular formula is C34H38Cl2N6O3. The van der Waals surface area contributed by atoms with Crippen LogP contribution < -0.4 is 20.3 Å². The molecule has 4 aromatic rings. The van der Waals surface area contributed by atoms with Crippen molar-refractivity contribution in [3.63, 3.8) is 0 Å². The third kappa shape index (κ3) is 9.17. The normalized spacial score (nSPS) is 10.9. The van der Waals surface area contributed by atoms with Gasteiger partial charge in [-0.2, -0.15) is 4.98 Å². The van der Waals surface area contributed by atoms with Crippen LogP contribution in [0, 0.1) is 20.8 Å². The minimum Gasteiger partial charge on any atom is -0.409 e. The Morgan fingerprint density at radius 2 is 1.67 bits per heavy atom. The summed E-state index contributed by atoms with van der Waals surface area (Å²) in [5, 5.41) is 7.04. The molecule has 0 atom stereocenters. The van der Waals surface area contributed by atoms with E-state index in [1.54, 1.807) is 42.5 Å². The summed E-state index contributed by atoms with van der Waals surface area (Å²) in [5.41, 5.74) is 4.47. The first-order valence-corrected chi connectivity index (χ1v) is 15.5. The number of benzene rings is 3. The average Bonchev–Trinajstić information content (AvgIpc) is 3.01. The van der Waals surface area contributed by atoms with E-state index in [0.29, 0.717) is 39.2 Å². The van der Waals surface area contributed by atoms with Crippen molar-refractivity contribution < 1.29 is 14.3 Å². The smallest absolute Gasteiger partial charge is 0.409 e. The number of amides is 2. The maximum absolute atomic E-state index is 13.8. The first-order valence-electron chi connectivity index (χ1n) is 14.8. The lowest BCUT2D eigenvalue weighted by Gasteiger charge is -2.23. The molecule has 0 aliphatic rings. The van der Waals surface area contributed by atoms with Crippen molar-refractivity contribution in [2.24, 2.45) is 0 Å². The Morgan fingerprint density at radius 3 is 2.38 bits per heavy atom. The number of nitrogens with zero attached hydrogens (tertiary/aromatic N) is 4. The highest BCUT2D eigenvalue weighted by atomic mass is 35.5. The number of aryl methyl sites for hydroxylation is 3. The van der Waals surface area contributed by atoms with E-state index in [2.05, 4.69) is 39.3 Å². The lowest BCUT2D eigenvalue weighted by atomic mass is 10.1. The molecule has 0 fully saturated rings. The molecule has 3 aromatic carbocycles. The van der Waals surface area contributed by atoms with Crippen LogP contribution in [0.5, 0.6) is 5.75 Å². The quantitative estimate of drug-likeness (QED) is 0.162. The van der Waals surface area contributed by atoms with E-state index in [9.17, 15) is 9.59 Å². The third-order valence-electron chi connectivity index (χ3n) is 7.26. The van der Waals surface area contributed by atoms with E-state index in [1.807, 2.05) is 39.0 Å². The van der Waals surface area contributed by atoms with Crippen LogP contribution in [0.25, 0.3) is 0 Å². The zero-order chi connectivity index (χ0) is 32.5. The molecule has 1 aromatic heterocycles. The number of likely N-dealkylation sites (N-methyl/N-ethyl adjacent to an activating group) is 1. The zero-order valence-electron chi connectivity index (χ0n) is 26.2. The Morgan fingerprint density at radius 1 is 0.933 bits per heavy atom. The molecule has 0 spiro atoms. The number of rotatable bonds is 12. The number of anilines is 3. The summed E-state index contributed by atoms with van der Waals surface area (Å²) >= 11 is 12.7. The summed E-state index contributed by atoms with van der Waals surface area (Å²) in [6.45, 7) is 13.2.